The van der Waals surface area contributed by atoms with Crippen LogP contribution in [-0.4, -0.2) is 23.1 Å². The van der Waals surface area contributed by atoms with E-state index in [0.29, 0.717) is 6.42 Å². The molecule has 0 fully saturated rings. The van der Waals surface area contributed by atoms with Crippen LogP contribution in [0.15, 0.2) is 60.0 Å². The van der Waals surface area contributed by atoms with Gasteiger partial charge in [0.15, 0.2) is 5.78 Å². The number of carbonyl (C=O) groups is 1. The maximum Gasteiger partial charge on any atom is 0.168 e. The Labute approximate surface area is 149 Å². The average molecular weight is 348 g/mol. The molecule has 2 aromatic carbocycles. The number of nitrogens with one attached hydrogen (secondary N) is 1. The molecule has 0 saturated heterocycles. The summed E-state index contributed by atoms with van der Waals surface area (Å²) in [5.74, 6) is 0.895. The Hall–Kier alpha value is -2.92. The van der Waals surface area contributed by atoms with Gasteiger partial charge >= 0.3 is 0 Å². The summed E-state index contributed by atoms with van der Waals surface area (Å²) in [5, 5.41) is 10.4. The first-order valence-electron chi connectivity index (χ1n) is 7.93. The Morgan fingerprint density at radius 1 is 1.16 bits per heavy atom. The van der Waals surface area contributed by atoms with Gasteiger partial charge < -0.3 is 4.74 Å². The number of thiophene rings is 1. The maximum absolute atomic E-state index is 12.6. The van der Waals surface area contributed by atoms with Gasteiger partial charge in [0, 0.05) is 22.8 Å². The van der Waals surface area contributed by atoms with E-state index in [1.807, 2.05) is 60.0 Å². The summed E-state index contributed by atoms with van der Waals surface area (Å²) in [5.41, 5.74) is 3.59. The fourth-order valence-electron chi connectivity index (χ4n) is 2.79. The van der Waals surface area contributed by atoms with Crippen LogP contribution in [0.1, 0.15) is 15.9 Å². The van der Waals surface area contributed by atoms with Crippen LogP contribution in [0.3, 0.4) is 0 Å². The van der Waals surface area contributed by atoms with Crippen LogP contribution < -0.4 is 4.74 Å². The van der Waals surface area contributed by atoms with E-state index >= 15 is 0 Å². The summed E-state index contributed by atoms with van der Waals surface area (Å²) < 4.78 is 5.15. The molecule has 0 aliphatic heterocycles. The number of aromatic nitrogens is 2. The molecule has 0 aliphatic carbocycles. The summed E-state index contributed by atoms with van der Waals surface area (Å²) in [4.78, 5) is 13.6. The fraction of sp³-hybridized carbons (Fsp3) is 0.100. The molecule has 4 aromatic rings. The number of hydrogen-bond donors (Lipinski definition) is 1. The van der Waals surface area contributed by atoms with Crippen molar-refractivity contribution in [1.29, 1.82) is 0 Å². The number of methoxy groups -OCH3 is 1. The van der Waals surface area contributed by atoms with Crippen molar-refractivity contribution in [3.8, 4) is 16.3 Å². The number of H-pyrrole nitrogens is 1. The number of nitrogens with zero attached hydrogens (tertiary/aromatic N) is 1. The Morgan fingerprint density at radius 2 is 1.96 bits per heavy atom. The molecule has 5 heteroatoms. The van der Waals surface area contributed by atoms with Gasteiger partial charge in [-0.2, -0.15) is 5.10 Å². The molecule has 0 atom stereocenters. The zero-order valence-corrected chi connectivity index (χ0v) is 14.5. The van der Waals surface area contributed by atoms with Crippen LogP contribution in [0.25, 0.3) is 21.5 Å². The lowest BCUT2D eigenvalue weighted by Gasteiger charge is -2.02. The molecule has 0 unspecified atom stereocenters. The molecule has 0 bridgehead atoms. The minimum Gasteiger partial charge on any atom is -0.497 e. The van der Waals surface area contributed by atoms with Crippen molar-refractivity contribution in [1.82, 2.24) is 10.2 Å². The molecular formula is C20H16N2O2S. The van der Waals surface area contributed by atoms with Gasteiger partial charge in [-0.1, -0.05) is 30.3 Å². The van der Waals surface area contributed by atoms with E-state index in [-0.39, 0.29) is 5.78 Å². The topological polar surface area (TPSA) is 55.0 Å². The largest absolute Gasteiger partial charge is 0.497 e. The van der Waals surface area contributed by atoms with Gasteiger partial charge in [-0.25, -0.2) is 0 Å². The number of hydrogen-bond acceptors (Lipinski definition) is 4. The van der Waals surface area contributed by atoms with Crippen LogP contribution >= 0.6 is 11.3 Å². The SMILES string of the molecule is COc1ccc(CC(=O)c2csc(-c3n[nH]c4ccccc34)c2)cc1. The number of ketones is 1. The Balaban J connectivity index is 1.57. The lowest BCUT2D eigenvalue weighted by Crippen LogP contribution is -2.01. The number of rotatable bonds is 5. The number of Topliss-reactive ketones (excluding diaryl/α,β-unsaturated/α-hetero) is 1. The second kappa shape index (κ2) is 6.53. The molecule has 124 valence electrons. The first kappa shape index (κ1) is 15.6. The van der Waals surface area contributed by atoms with Gasteiger partial charge in [0.2, 0.25) is 0 Å². The zero-order valence-electron chi connectivity index (χ0n) is 13.7. The number of carbonyl (C=O) groups excluding carboxylic acids is 1. The van der Waals surface area contributed by atoms with Crippen LogP contribution in [0.5, 0.6) is 5.75 Å². The monoisotopic (exact) mass is 348 g/mol. The standard InChI is InChI=1S/C20H16N2O2S/c1-24-15-8-6-13(7-9-15)10-18(23)14-11-19(25-12-14)20-16-4-2-3-5-17(16)21-22-20/h2-9,11-12H,10H2,1H3,(H,21,22). The minimum atomic E-state index is 0.104. The maximum atomic E-state index is 12.6. The van der Waals surface area contributed by atoms with E-state index in [4.69, 9.17) is 4.74 Å². The molecule has 2 heterocycles. The van der Waals surface area contributed by atoms with E-state index < -0.39 is 0 Å². The number of para-hydroxylation sites is 1. The van der Waals surface area contributed by atoms with Crippen LogP contribution in [0.2, 0.25) is 0 Å². The number of ether oxygens (including phenoxy) is 1. The summed E-state index contributed by atoms with van der Waals surface area (Å²) in [6.45, 7) is 0. The second-order valence-corrected chi connectivity index (χ2v) is 6.68. The summed E-state index contributed by atoms with van der Waals surface area (Å²) in [6, 6.07) is 17.5. The molecule has 25 heavy (non-hydrogen) atoms. The molecule has 4 rings (SSSR count). The van der Waals surface area contributed by atoms with Gasteiger partial charge in [-0.3, -0.25) is 9.89 Å². The van der Waals surface area contributed by atoms with Crippen molar-refractivity contribution in [3.63, 3.8) is 0 Å². The zero-order chi connectivity index (χ0) is 17.2. The highest BCUT2D eigenvalue weighted by atomic mass is 32.1. The molecular weight excluding hydrogens is 332 g/mol. The predicted octanol–water partition coefficient (Wildman–Crippen LogP) is 4.73. The Morgan fingerprint density at radius 3 is 2.76 bits per heavy atom. The normalized spacial score (nSPS) is 10.9. The van der Waals surface area contributed by atoms with Gasteiger partial charge in [0.25, 0.3) is 0 Å². The summed E-state index contributed by atoms with van der Waals surface area (Å²) in [6.07, 6.45) is 0.376. The van der Waals surface area contributed by atoms with E-state index in [9.17, 15) is 4.79 Å². The van der Waals surface area contributed by atoms with E-state index in [1.165, 1.54) is 0 Å². The van der Waals surface area contributed by atoms with Crippen molar-refractivity contribution < 1.29 is 9.53 Å². The van der Waals surface area contributed by atoms with Crippen LogP contribution in [-0.2, 0) is 6.42 Å². The molecule has 0 spiro atoms. The van der Waals surface area contributed by atoms with Gasteiger partial charge in [0.1, 0.15) is 11.4 Å². The fourth-order valence-corrected chi connectivity index (χ4v) is 3.70. The van der Waals surface area contributed by atoms with E-state index in [2.05, 4.69) is 10.2 Å². The number of aromatic amines is 1. The van der Waals surface area contributed by atoms with Crippen molar-refractivity contribution in [2.24, 2.45) is 0 Å². The lowest BCUT2D eigenvalue weighted by molar-refractivity contribution is 0.0993. The quantitative estimate of drug-likeness (QED) is 0.531. The van der Waals surface area contributed by atoms with Crippen molar-refractivity contribution in [2.45, 2.75) is 6.42 Å². The average Bonchev–Trinajstić information content (AvgIpc) is 3.29. The third-order valence-corrected chi connectivity index (χ3v) is 5.09. The molecule has 2 aromatic heterocycles. The molecule has 0 aliphatic rings. The van der Waals surface area contributed by atoms with Crippen LogP contribution in [0.4, 0.5) is 0 Å². The summed E-state index contributed by atoms with van der Waals surface area (Å²) >= 11 is 1.54. The van der Waals surface area contributed by atoms with Gasteiger partial charge in [-0.05, 0) is 29.8 Å². The highest BCUT2D eigenvalue weighted by Crippen LogP contribution is 2.31. The highest BCUT2D eigenvalue weighted by molar-refractivity contribution is 7.14. The predicted molar refractivity (Wildman–Crippen MR) is 100 cm³/mol. The lowest BCUT2D eigenvalue weighted by atomic mass is 10.0. The minimum absolute atomic E-state index is 0.104. The first-order chi connectivity index (χ1) is 12.2. The van der Waals surface area contributed by atoms with Crippen LogP contribution in [0, 0.1) is 0 Å². The van der Waals surface area contributed by atoms with Crippen molar-refractivity contribution in [2.75, 3.05) is 7.11 Å². The third kappa shape index (κ3) is 3.06. The van der Waals surface area contributed by atoms with Gasteiger partial charge in [0.05, 0.1) is 17.5 Å². The van der Waals surface area contributed by atoms with Gasteiger partial charge in [-0.15, -0.1) is 11.3 Å². The third-order valence-electron chi connectivity index (χ3n) is 4.15. The first-order valence-corrected chi connectivity index (χ1v) is 8.81. The Bertz CT molecular complexity index is 1030. The number of benzene rings is 2. The highest BCUT2D eigenvalue weighted by Gasteiger charge is 2.14. The van der Waals surface area contributed by atoms with E-state index in [1.54, 1.807) is 18.4 Å². The number of fused-ring (bicyclic) bond motifs is 1. The smallest absolute Gasteiger partial charge is 0.168 e. The molecule has 1 N–H and O–H groups in total. The second-order valence-electron chi connectivity index (χ2n) is 5.77. The van der Waals surface area contributed by atoms with Crippen molar-refractivity contribution >= 4 is 28.0 Å². The molecule has 0 radical (unpaired) electrons. The molecule has 0 amide bonds. The van der Waals surface area contributed by atoms with Crippen molar-refractivity contribution in [3.05, 3.63) is 71.1 Å². The molecule has 4 nitrogen and oxygen atoms in total. The van der Waals surface area contributed by atoms with E-state index in [0.717, 1.165) is 38.4 Å². The Kier molecular flexibility index (Phi) is 4.07. The summed E-state index contributed by atoms with van der Waals surface area (Å²) in [7, 11) is 1.63. The molecule has 0 saturated carbocycles.